The molecule has 8 nitrogen and oxygen atoms in total. The van der Waals surface area contributed by atoms with E-state index in [4.69, 9.17) is 14.0 Å². The van der Waals surface area contributed by atoms with Crippen LogP contribution in [0.3, 0.4) is 0 Å². The summed E-state index contributed by atoms with van der Waals surface area (Å²) in [6.45, 7) is 0.175. The van der Waals surface area contributed by atoms with Crippen molar-refractivity contribution < 1.29 is 28.7 Å². The number of hydrogen-bond acceptors (Lipinski definition) is 7. The van der Waals surface area contributed by atoms with Crippen LogP contribution in [-0.4, -0.2) is 42.8 Å². The number of rotatable bonds is 8. The molecule has 0 saturated heterocycles. The lowest BCUT2D eigenvalue weighted by Crippen LogP contribution is -2.31. The number of benzene rings is 2. The number of Topliss-reactive ketones (excluding diaryl/α,β-unsaturated/α-hetero) is 1. The largest absolute Gasteiger partial charge is 0.503 e. The highest BCUT2D eigenvalue weighted by molar-refractivity contribution is 6.16. The van der Waals surface area contributed by atoms with Crippen LogP contribution in [0.1, 0.15) is 18.0 Å². The lowest BCUT2D eigenvalue weighted by Gasteiger charge is -2.28. The minimum atomic E-state index is -0.846. The van der Waals surface area contributed by atoms with Crippen LogP contribution in [0.2, 0.25) is 0 Å². The first-order valence-electron chi connectivity index (χ1n) is 9.99. The summed E-state index contributed by atoms with van der Waals surface area (Å²) in [5.41, 5.74) is 2.59. The Kier molecular flexibility index (Phi) is 6.04. The third-order valence-corrected chi connectivity index (χ3v) is 5.35. The Hall–Kier alpha value is -3.91. The first-order chi connectivity index (χ1) is 15.6. The van der Waals surface area contributed by atoms with Crippen molar-refractivity contribution in [2.24, 2.45) is 0 Å². The molecule has 1 atom stereocenters. The van der Waals surface area contributed by atoms with Crippen LogP contribution < -0.4 is 9.64 Å². The standard InChI is InChI=1S/C24H22N2O6/c1-30-13-12-19(27)21-22(17-5-3-4-6-20(17)31-2)26(24(29)23(21)28)16-9-7-15(8-10-16)18-11-14-32-25-18/h3-11,14,22,28H,12-13H2,1-2H3. The fraction of sp³-hybridized carbons (Fsp3) is 0.208. The summed E-state index contributed by atoms with van der Waals surface area (Å²) in [6.07, 6.45) is 1.51. The van der Waals surface area contributed by atoms with Crippen LogP contribution in [0, 0.1) is 0 Å². The van der Waals surface area contributed by atoms with Gasteiger partial charge in [-0.2, -0.15) is 0 Å². The van der Waals surface area contributed by atoms with Gasteiger partial charge in [-0.1, -0.05) is 35.5 Å². The molecule has 2 heterocycles. The predicted octanol–water partition coefficient (Wildman–Crippen LogP) is 3.86. The van der Waals surface area contributed by atoms with Gasteiger partial charge in [0.15, 0.2) is 11.5 Å². The minimum Gasteiger partial charge on any atom is -0.503 e. The molecule has 1 aromatic heterocycles. The van der Waals surface area contributed by atoms with Crippen LogP contribution in [0.4, 0.5) is 5.69 Å². The normalized spacial score (nSPS) is 16.0. The monoisotopic (exact) mass is 434 g/mol. The van der Waals surface area contributed by atoms with Gasteiger partial charge in [-0.05, 0) is 18.2 Å². The fourth-order valence-electron chi connectivity index (χ4n) is 3.83. The van der Waals surface area contributed by atoms with Crippen LogP contribution in [0.15, 0.2) is 76.7 Å². The summed E-state index contributed by atoms with van der Waals surface area (Å²) < 4.78 is 15.4. The van der Waals surface area contributed by atoms with E-state index in [9.17, 15) is 14.7 Å². The van der Waals surface area contributed by atoms with Gasteiger partial charge in [0.1, 0.15) is 17.7 Å². The van der Waals surface area contributed by atoms with Gasteiger partial charge in [0.25, 0.3) is 5.91 Å². The van der Waals surface area contributed by atoms with Crippen molar-refractivity contribution in [3.8, 4) is 17.0 Å². The van der Waals surface area contributed by atoms with Gasteiger partial charge in [0.05, 0.1) is 25.3 Å². The predicted molar refractivity (Wildman–Crippen MR) is 116 cm³/mol. The zero-order valence-corrected chi connectivity index (χ0v) is 17.6. The van der Waals surface area contributed by atoms with Crippen LogP contribution in [0.5, 0.6) is 5.75 Å². The van der Waals surface area contributed by atoms with Crippen molar-refractivity contribution >= 4 is 17.4 Å². The number of aliphatic hydroxyl groups excluding tert-OH is 1. The summed E-state index contributed by atoms with van der Waals surface area (Å²) in [7, 11) is 3.00. The third-order valence-electron chi connectivity index (χ3n) is 5.35. The van der Waals surface area contributed by atoms with E-state index in [1.54, 1.807) is 54.6 Å². The van der Waals surface area contributed by atoms with E-state index in [0.717, 1.165) is 5.56 Å². The van der Waals surface area contributed by atoms with E-state index in [0.29, 0.717) is 22.7 Å². The Balaban J connectivity index is 1.80. The molecular weight excluding hydrogens is 412 g/mol. The smallest absolute Gasteiger partial charge is 0.294 e. The van der Waals surface area contributed by atoms with E-state index >= 15 is 0 Å². The molecule has 8 heteroatoms. The topological polar surface area (TPSA) is 102 Å². The van der Waals surface area contributed by atoms with Gasteiger partial charge in [-0.15, -0.1) is 0 Å². The van der Waals surface area contributed by atoms with Gasteiger partial charge in [0.2, 0.25) is 0 Å². The molecule has 3 aromatic rings. The fourth-order valence-corrected chi connectivity index (χ4v) is 3.83. The highest BCUT2D eigenvalue weighted by Gasteiger charge is 2.45. The van der Waals surface area contributed by atoms with Gasteiger partial charge in [0, 0.05) is 36.4 Å². The number of aliphatic hydroxyl groups is 1. The van der Waals surface area contributed by atoms with Crippen molar-refractivity contribution in [3.63, 3.8) is 0 Å². The molecule has 2 aromatic carbocycles. The second-order valence-corrected chi connectivity index (χ2v) is 7.18. The summed E-state index contributed by atoms with van der Waals surface area (Å²) >= 11 is 0. The molecule has 1 unspecified atom stereocenters. The zero-order valence-electron chi connectivity index (χ0n) is 17.6. The molecule has 0 radical (unpaired) electrons. The molecule has 0 aliphatic carbocycles. The van der Waals surface area contributed by atoms with E-state index in [1.807, 2.05) is 0 Å². The molecule has 0 spiro atoms. The Bertz CT molecular complexity index is 1150. The Morgan fingerprint density at radius 1 is 1.12 bits per heavy atom. The molecule has 1 amide bonds. The summed E-state index contributed by atoms with van der Waals surface area (Å²) in [4.78, 5) is 27.6. The van der Waals surface area contributed by atoms with Crippen LogP contribution >= 0.6 is 0 Å². The SMILES string of the molecule is COCCC(=O)C1=C(O)C(=O)N(c2ccc(-c3ccon3)cc2)C1c1ccccc1OC. The third kappa shape index (κ3) is 3.76. The summed E-state index contributed by atoms with van der Waals surface area (Å²) in [6, 6.07) is 15.1. The average molecular weight is 434 g/mol. The lowest BCUT2D eigenvalue weighted by molar-refractivity contribution is -0.118. The molecule has 164 valence electrons. The number of carbonyl (C=O) groups excluding carboxylic acids is 2. The minimum absolute atomic E-state index is 0.0251. The van der Waals surface area contributed by atoms with E-state index in [-0.39, 0.29) is 24.4 Å². The van der Waals surface area contributed by atoms with E-state index < -0.39 is 17.7 Å². The van der Waals surface area contributed by atoms with Gasteiger partial charge in [-0.25, -0.2) is 0 Å². The maximum absolute atomic E-state index is 13.2. The van der Waals surface area contributed by atoms with Crippen molar-refractivity contribution in [1.29, 1.82) is 0 Å². The number of aromatic nitrogens is 1. The lowest BCUT2D eigenvalue weighted by atomic mass is 9.94. The first kappa shape index (κ1) is 21.3. The average Bonchev–Trinajstić information content (AvgIpc) is 3.45. The second kappa shape index (κ2) is 9.07. The molecule has 0 saturated carbocycles. The number of para-hydroxylation sites is 1. The van der Waals surface area contributed by atoms with Gasteiger partial charge < -0.3 is 19.1 Å². The van der Waals surface area contributed by atoms with E-state index in [1.165, 1.54) is 25.4 Å². The van der Waals surface area contributed by atoms with Gasteiger partial charge in [-0.3, -0.25) is 14.5 Å². The second-order valence-electron chi connectivity index (χ2n) is 7.18. The number of amides is 1. The number of ether oxygens (including phenoxy) is 2. The number of methoxy groups -OCH3 is 2. The van der Waals surface area contributed by atoms with E-state index in [2.05, 4.69) is 5.16 Å². The quantitative estimate of drug-likeness (QED) is 0.574. The molecule has 32 heavy (non-hydrogen) atoms. The Morgan fingerprint density at radius 3 is 2.53 bits per heavy atom. The first-order valence-corrected chi connectivity index (χ1v) is 9.99. The van der Waals surface area contributed by atoms with Gasteiger partial charge >= 0.3 is 0 Å². The van der Waals surface area contributed by atoms with Crippen molar-refractivity contribution in [2.45, 2.75) is 12.5 Å². The number of hydrogen-bond donors (Lipinski definition) is 1. The van der Waals surface area contributed by atoms with Crippen LogP contribution in [0.25, 0.3) is 11.3 Å². The molecule has 0 bridgehead atoms. The number of carbonyl (C=O) groups is 2. The Morgan fingerprint density at radius 2 is 1.88 bits per heavy atom. The van der Waals surface area contributed by atoms with Crippen molar-refractivity contribution in [3.05, 3.63) is 77.8 Å². The van der Waals surface area contributed by atoms with Crippen LogP contribution in [-0.2, 0) is 14.3 Å². The Labute approximate surface area is 184 Å². The van der Waals surface area contributed by atoms with Crippen molar-refractivity contribution in [1.82, 2.24) is 5.16 Å². The highest BCUT2D eigenvalue weighted by Crippen LogP contribution is 2.44. The highest BCUT2D eigenvalue weighted by atomic mass is 16.5. The van der Waals surface area contributed by atoms with Crippen molar-refractivity contribution in [2.75, 3.05) is 25.7 Å². The molecule has 1 aliphatic heterocycles. The molecular formula is C24H22N2O6. The molecule has 0 fully saturated rings. The zero-order chi connectivity index (χ0) is 22.7. The maximum atomic E-state index is 13.2. The maximum Gasteiger partial charge on any atom is 0.294 e. The molecule has 1 N–H and O–H groups in total. The number of ketones is 1. The molecule has 4 rings (SSSR count). The number of anilines is 1. The summed E-state index contributed by atoms with van der Waals surface area (Å²) in [5, 5.41) is 14.6. The molecule has 1 aliphatic rings. The number of nitrogens with zero attached hydrogens (tertiary/aromatic N) is 2. The summed E-state index contributed by atoms with van der Waals surface area (Å²) in [5.74, 6) is -1.09.